The molecule has 1 spiro atoms. The zero-order valence-electron chi connectivity index (χ0n) is 14.3. The highest BCUT2D eigenvalue weighted by molar-refractivity contribution is 5.67. The average molecular weight is 326 g/mol. The molecule has 1 aliphatic carbocycles. The van der Waals surface area contributed by atoms with E-state index in [9.17, 15) is 10.2 Å². The van der Waals surface area contributed by atoms with Gasteiger partial charge in [-0.15, -0.1) is 0 Å². The molecule has 0 aromatic heterocycles. The molecule has 0 radical (unpaired) electrons. The molecule has 5 fully saturated rings. The lowest BCUT2D eigenvalue weighted by Crippen LogP contribution is -2.72. The second kappa shape index (κ2) is 4.17. The second-order valence-electron chi connectivity index (χ2n) is 8.81. The number of fused-ring (bicyclic) bond motifs is 2. The van der Waals surface area contributed by atoms with Crippen LogP contribution in [0.4, 0.5) is 5.69 Å². The van der Waals surface area contributed by atoms with Gasteiger partial charge in [-0.25, -0.2) is 0 Å². The number of hydrogen-bond acceptors (Lipinski definition) is 4. The van der Waals surface area contributed by atoms with Crippen LogP contribution in [0.15, 0.2) is 24.3 Å². The summed E-state index contributed by atoms with van der Waals surface area (Å²) in [6.45, 7) is 2.19. The standard InChI is InChI=1S/C20H26N2O2/c1-3-10-11-8-14-17-20(12-6-4-5-7-13(12)21(17)2)9-15(16(11)18(20)23)22(14)19(10)24/h4-7,10-11,14-19,23-24H,3,8-9H2,1-2H3/t10-,11-,14?,15-,16-,17-,18-,19+,20?/m0/s1. The Morgan fingerprint density at radius 3 is 2.79 bits per heavy atom. The molecular formula is C20H26N2O2. The summed E-state index contributed by atoms with van der Waals surface area (Å²) in [4.78, 5) is 4.83. The van der Waals surface area contributed by atoms with Gasteiger partial charge in [0.2, 0.25) is 0 Å². The molecule has 3 unspecified atom stereocenters. The largest absolute Gasteiger partial charge is 0.392 e. The van der Waals surface area contributed by atoms with Crippen molar-refractivity contribution < 1.29 is 10.2 Å². The predicted molar refractivity (Wildman–Crippen MR) is 91.7 cm³/mol. The van der Waals surface area contributed by atoms with E-state index in [0.29, 0.717) is 35.9 Å². The highest BCUT2D eigenvalue weighted by Crippen LogP contribution is 2.68. The number of nitrogens with zero attached hydrogens (tertiary/aromatic N) is 2. The van der Waals surface area contributed by atoms with Gasteiger partial charge in [-0.2, -0.15) is 0 Å². The van der Waals surface area contributed by atoms with Gasteiger partial charge < -0.3 is 15.1 Å². The molecule has 1 saturated carbocycles. The minimum atomic E-state index is -0.319. The number of hydrogen-bond donors (Lipinski definition) is 2. The number of aliphatic hydroxyl groups is 2. The number of rotatable bonds is 1. The third kappa shape index (κ3) is 1.20. The maximum Gasteiger partial charge on any atom is 0.111 e. The van der Waals surface area contributed by atoms with Gasteiger partial charge in [-0.3, -0.25) is 4.90 Å². The van der Waals surface area contributed by atoms with E-state index in [-0.39, 0.29) is 17.7 Å². The van der Waals surface area contributed by atoms with Crippen molar-refractivity contribution in [3.05, 3.63) is 29.8 Å². The quantitative estimate of drug-likeness (QED) is 0.822. The molecular weight excluding hydrogens is 300 g/mol. The fourth-order valence-corrected chi connectivity index (χ4v) is 7.88. The monoisotopic (exact) mass is 326 g/mol. The molecule has 2 N–H and O–H groups in total. The minimum Gasteiger partial charge on any atom is -0.392 e. The lowest BCUT2D eigenvalue weighted by Gasteiger charge is -2.62. The van der Waals surface area contributed by atoms with Crippen molar-refractivity contribution >= 4 is 5.69 Å². The summed E-state index contributed by atoms with van der Waals surface area (Å²) in [6.07, 6.45) is 2.56. The minimum absolute atomic E-state index is 0.126. The zero-order valence-corrected chi connectivity index (χ0v) is 14.3. The molecule has 4 heteroatoms. The first-order valence-electron chi connectivity index (χ1n) is 9.57. The maximum atomic E-state index is 11.6. The summed E-state index contributed by atoms with van der Waals surface area (Å²) >= 11 is 0. The molecule has 1 aromatic carbocycles. The predicted octanol–water partition coefficient (Wildman–Crippen LogP) is 1.55. The van der Waals surface area contributed by atoms with E-state index in [4.69, 9.17) is 0 Å². The summed E-state index contributed by atoms with van der Waals surface area (Å²) in [5.74, 6) is 1.14. The lowest BCUT2D eigenvalue weighted by molar-refractivity contribution is -0.211. The van der Waals surface area contributed by atoms with Crippen molar-refractivity contribution in [3.63, 3.8) is 0 Å². The molecule has 5 bridgehead atoms. The SMILES string of the molecule is CC[C@H]1[C@@H]2CC3[C@@H]4N(C)c5ccccc5C45C[C@@H]([C@H]2[C@@H]5O)N3[C@@H]1O. The molecule has 5 heterocycles. The van der Waals surface area contributed by atoms with Gasteiger partial charge in [0.15, 0.2) is 0 Å². The van der Waals surface area contributed by atoms with Crippen molar-refractivity contribution in [2.45, 2.75) is 62.1 Å². The molecule has 24 heavy (non-hydrogen) atoms. The summed E-state index contributed by atoms with van der Waals surface area (Å²) in [7, 11) is 2.19. The topological polar surface area (TPSA) is 46.9 Å². The van der Waals surface area contributed by atoms with Gasteiger partial charge in [0, 0.05) is 42.1 Å². The number of piperidine rings is 4. The number of likely N-dealkylation sites (N-methyl/N-ethyl adjacent to an activating group) is 1. The number of aliphatic hydroxyl groups excluding tert-OH is 2. The van der Waals surface area contributed by atoms with Gasteiger partial charge in [-0.1, -0.05) is 25.1 Å². The first-order chi connectivity index (χ1) is 11.6. The van der Waals surface area contributed by atoms with Crippen molar-refractivity contribution in [1.29, 1.82) is 0 Å². The smallest absolute Gasteiger partial charge is 0.111 e. The van der Waals surface area contributed by atoms with Crippen molar-refractivity contribution in [3.8, 4) is 0 Å². The van der Waals surface area contributed by atoms with E-state index < -0.39 is 0 Å². The third-order valence-electron chi connectivity index (χ3n) is 8.46. The molecule has 5 aliphatic heterocycles. The van der Waals surface area contributed by atoms with Crippen molar-refractivity contribution in [2.75, 3.05) is 11.9 Å². The molecule has 10 atom stereocenters. The molecule has 4 nitrogen and oxygen atoms in total. The van der Waals surface area contributed by atoms with E-state index in [0.717, 1.165) is 19.3 Å². The van der Waals surface area contributed by atoms with Gasteiger partial charge >= 0.3 is 0 Å². The van der Waals surface area contributed by atoms with E-state index >= 15 is 0 Å². The maximum absolute atomic E-state index is 11.6. The average Bonchev–Trinajstić information content (AvgIpc) is 2.97. The van der Waals surface area contributed by atoms with Crippen molar-refractivity contribution in [2.24, 2.45) is 17.8 Å². The Morgan fingerprint density at radius 1 is 1.21 bits per heavy atom. The highest BCUT2D eigenvalue weighted by Gasteiger charge is 2.76. The third-order valence-corrected chi connectivity index (χ3v) is 8.46. The Hall–Kier alpha value is -1.10. The first-order valence-corrected chi connectivity index (χ1v) is 9.57. The Bertz CT molecular complexity index is 723. The van der Waals surface area contributed by atoms with Gasteiger partial charge in [-0.05, 0) is 36.8 Å². The fourth-order valence-electron chi connectivity index (χ4n) is 7.88. The molecule has 4 saturated heterocycles. The normalized spacial score (nSPS) is 55.8. The Labute approximate surface area is 143 Å². The van der Waals surface area contributed by atoms with Crippen LogP contribution in [0, 0.1) is 17.8 Å². The van der Waals surface area contributed by atoms with Crippen LogP contribution in [-0.4, -0.2) is 52.6 Å². The summed E-state index contributed by atoms with van der Waals surface area (Å²) < 4.78 is 0. The van der Waals surface area contributed by atoms with Crippen LogP contribution in [0.25, 0.3) is 0 Å². The van der Waals surface area contributed by atoms with E-state index in [2.05, 4.69) is 48.0 Å². The van der Waals surface area contributed by atoms with Crippen LogP contribution in [0.2, 0.25) is 0 Å². The van der Waals surface area contributed by atoms with E-state index in [1.165, 1.54) is 11.3 Å². The van der Waals surface area contributed by atoms with Crippen molar-refractivity contribution in [1.82, 2.24) is 4.90 Å². The molecule has 6 aliphatic rings. The van der Waals surface area contributed by atoms with Gasteiger partial charge in [0.1, 0.15) is 6.23 Å². The van der Waals surface area contributed by atoms with Gasteiger partial charge in [0.05, 0.1) is 12.1 Å². The Kier molecular flexibility index (Phi) is 2.45. The number of benzene rings is 1. The van der Waals surface area contributed by atoms with E-state index in [1.54, 1.807) is 0 Å². The Morgan fingerprint density at radius 2 is 2.00 bits per heavy atom. The summed E-state index contributed by atoms with van der Waals surface area (Å²) in [5.41, 5.74) is 2.51. The van der Waals surface area contributed by atoms with Crippen LogP contribution in [0.1, 0.15) is 31.7 Å². The number of anilines is 1. The summed E-state index contributed by atoms with van der Waals surface area (Å²) in [6, 6.07) is 9.70. The van der Waals surface area contributed by atoms with Crippen LogP contribution in [0.3, 0.4) is 0 Å². The fraction of sp³-hybridized carbons (Fsp3) is 0.700. The molecule has 128 valence electrons. The second-order valence-corrected chi connectivity index (χ2v) is 8.81. The molecule has 0 amide bonds. The lowest BCUT2D eigenvalue weighted by atomic mass is 9.62. The van der Waals surface area contributed by atoms with Crippen LogP contribution in [-0.2, 0) is 5.41 Å². The van der Waals surface area contributed by atoms with E-state index in [1.807, 2.05) is 0 Å². The first kappa shape index (κ1) is 14.1. The van der Waals surface area contributed by atoms with Crippen LogP contribution in [0.5, 0.6) is 0 Å². The molecule has 1 aromatic rings. The van der Waals surface area contributed by atoms with Gasteiger partial charge in [0.25, 0.3) is 0 Å². The Balaban J connectivity index is 1.60. The highest BCUT2D eigenvalue weighted by atomic mass is 16.3. The molecule has 7 rings (SSSR count). The van der Waals surface area contributed by atoms with Crippen LogP contribution < -0.4 is 4.90 Å². The zero-order chi connectivity index (χ0) is 16.4. The summed E-state index contributed by atoms with van der Waals surface area (Å²) in [5, 5.41) is 22.6. The number of para-hydroxylation sites is 1. The van der Waals surface area contributed by atoms with Crippen LogP contribution >= 0.6 is 0 Å².